The van der Waals surface area contributed by atoms with E-state index in [1.54, 1.807) is 0 Å². The van der Waals surface area contributed by atoms with Gasteiger partial charge in [-0.25, -0.2) is 13.8 Å². The first kappa shape index (κ1) is 10.0. The van der Waals surface area contributed by atoms with Crippen molar-refractivity contribution in [2.45, 2.75) is 6.43 Å². The van der Waals surface area contributed by atoms with Crippen LogP contribution in [0.1, 0.15) is 22.5 Å². The zero-order valence-electron chi connectivity index (χ0n) is 6.30. The number of alkyl halides is 2. The van der Waals surface area contributed by atoms with E-state index in [4.69, 9.17) is 5.73 Å². The number of pyridine rings is 1. The second kappa shape index (κ2) is 3.78. The van der Waals surface area contributed by atoms with Gasteiger partial charge in [0.05, 0.1) is 5.56 Å². The van der Waals surface area contributed by atoms with Crippen LogP contribution < -0.4 is 5.73 Å². The summed E-state index contributed by atoms with van der Waals surface area (Å²) in [4.78, 5) is 13.8. The van der Waals surface area contributed by atoms with Gasteiger partial charge in [-0.1, -0.05) is 0 Å². The lowest BCUT2D eigenvalue weighted by atomic mass is 10.2. The third-order valence-corrected chi connectivity index (χ3v) is 2.01. The first-order valence-electron chi connectivity index (χ1n) is 3.25. The average Bonchev–Trinajstić information content (AvgIpc) is 2.02. The lowest BCUT2D eigenvalue weighted by Gasteiger charge is -2.06. The lowest BCUT2D eigenvalue weighted by molar-refractivity contribution is 0.111. The predicted octanol–water partition coefficient (Wildman–Crippen LogP) is 2.18. The molecule has 13 heavy (non-hydrogen) atoms. The minimum absolute atomic E-state index is 0.0220. The van der Waals surface area contributed by atoms with E-state index in [1.165, 1.54) is 0 Å². The van der Waals surface area contributed by atoms with Crippen LogP contribution in [0.4, 0.5) is 14.5 Å². The molecule has 1 heterocycles. The summed E-state index contributed by atoms with van der Waals surface area (Å²) >= 11 is 2.81. The van der Waals surface area contributed by atoms with E-state index in [0.717, 1.165) is 6.07 Å². The molecule has 0 radical (unpaired) electrons. The Bertz CT molecular complexity index is 320. The van der Waals surface area contributed by atoms with Crippen molar-refractivity contribution in [3.63, 3.8) is 0 Å². The van der Waals surface area contributed by atoms with Crippen molar-refractivity contribution in [3.05, 3.63) is 21.9 Å². The van der Waals surface area contributed by atoms with Gasteiger partial charge < -0.3 is 5.73 Å². The molecule has 0 atom stereocenters. The van der Waals surface area contributed by atoms with E-state index < -0.39 is 6.43 Å². The molecule has 1 aromatic rings. The number of hydrogen-bond acceptors (Lipinski definition) is 3. The van der Waals surface area contributed by atoms with Crippen LogP contribution in [0.3, 0.4) is 0 Å². The third-order valence-electron chi connectivity index (χ3n) is 1.40. The maximum atomic E-state index is 12.3. The van der Waals surface area contributed by atoms with Gasteiger partial charge in [-0.3, -0.25) is 4.79 Å². The van der Waals surface area contributed by atoms with Gasteiger partial charge >= 0.3 is 0 Å². The van der Waals surface area contributed by atoms with Gasteiger partial charge in [0, 0.05) is 5.69 Å². The molecule has 70 valence electrons. The van der Waals surface area contributed by atoms with E-state index >= 15 is 0 Å². The van der Waals surface area contributed by atoms with Crippen molar-refractivity contribution in [1.82, 2.24) is 4.98 Å². The smallest absolute Gasteiger partial charge is 0.268 e. The summed E-state index contributed by atoms with van der Waals surface area (Å²) in [5, 5.41) is 0. The summed E-state index contributed by atoms with van der Waals surface area (Å²) in [5.41, 5.74) is 4.79. The molecular weight excluding hydrogens is 246 g/mol. The van der Waals surface area contributed by atoms with Crippen molar-refractivity contribution >= 4 is 27.9 Å². The Morgan fingerprint density at radius 1 is 1.62 bits per heavy atom. The zero-order valence-corrected chi connectivity index (χ0v) is 7.88. The van der Waals surface area contributed by atoms with Crippen LogP contribution >= 0.6 is 15.9 Å². The number of nitrogens with two attached hydrogens (primary N) is 1. The van der Waals surface area contributed by atoms with Gasteiger partial charge in [0.15, 0.2) is 6.29 Å². The van der Waals surface area contributed by atoms with E-state index in [2.05, 4.69) is 20.9 Å². The molecule has 1 rings (SSSR count). The zero-order chi connectivity index (χ0) is 10.0. The molecule has 0 amide bonds. The molecule has 6 heteroatoms. The fourth-order valence-electron chi connectivity index (χ4n) is 0.838. The van der Waals surface area contributed by atoms with Crippen LogP contribution in [-0.2, 0) is 0 Å². The van der Waals surface area contributed by atoms with Crippen molar-refractivity contribution in [2.75, 3.05) is 5.73 Å². The van der Waals surface area contributed by atoms with E-state index in [1.807, 2.05) is 0 Å². The van der Waals surface area contributed by atoms with E-state index in [9.17, 15) is 13.6 Å². The Balaban J connectivity index is 3.31. The van der Waals surface area contributed by atoms with Crippen molar-refractivity contribution < 1.29 is 13.6 Å². The summed E-state index contributed by atoms with van der Waals surface area (Å²) in [7, 11) is 0. The normalized spacial score (nSPS) is 10.5. The average molecular weight is 251 g/mol. The number of hydrogen-bond donors (Lipinski definition) is 1. The number of halogens is 3. The standard InChI is InChI=1S/C7H5BrF2N2O/c8-6-5(7(9)10)4(11)1-3(2-13)12-6/h1-2,7H,(H2,11,12). The first-order chi connectivity index (χ1) is 6.06. The number of rotatable bonds is 2. The quantitative estimate of drug-likeness (QED) is 0.647. The monoisotopic (exact) mass is 250 g/mol. The molecule has 1 aromatic heterocycles. The molecule has 0 saturated heterocycles. The number of nitrogen functional groups attached to an aromatic ring is 1. The highest BCUT2D eigenvalue weighted by atomic mass is 79.9. The Kier molecular flexibility index (Phi) is 2.92. The SMILES string of the molecule is Nc1cc(C=O)nc(Br)c1C(F)F. The third kappa shape index (κ3) is 2.00. The summed E-state index contributed by atoms with van der Waals surface area (Å²) in [6.45, 7) is 0. The minimum atomic E-state index is -2.71. The van der Waals surface area contributed by atoms with Gasteiger partial charge in [0.2, 0.25) is 0 Å². The summed E-state index contributed by atoms with van der Waals surface area (Å²) in [5.74, 6) is 0. The topological polar surface area (TPSA) is 56.0 Å². The number of aldehydes is 1. The molecular formula is C7H5BrF2N2O. The first-order valence-corrected chi connectivity index (χ1v) is 4.04. The summed E-state index contributed by atoms with van der Waals surface area (Å²) in [6.07, 6.45) is -2.27. The Labute approximate surface area is 81.1 Å². The van der Waals surface area contributed by atoms with Crippen LogP contribution in [0.15, 0.2) is 10.7 Å². The van der Waals surface area contributed by atoms with Crippen LogP contribution in [0.2, 0.25) is 0 Å². The minimum Gasteiger partial charge on any atom is -0.398 e. The van der Waals surface area contributed by atoms with Crippen LogP contribution in [-0.4, -0.2) is 11.3 Å². The Morgan fingerprint density at radius 3 is 2.62 bits per heavy atom. The van der Waals surface area contributed by atoms with Gasteiger partial charge in [0.1, 0.15) is 10.3 Å². The summed E-state index contributed by atoms with van der Waals surface area (Å²) < 4.78 is 24.5. The second-order valence-corrected chi connectivity index (χ2v) is 3.01. The fourth-order valence-corrected chi connectivity index (χ4v) is 1.45. The van der Waals surface area contributed by atoms with E-state index in [-0.39, 0.29) is 21.5 Å². The van der Waals surface area contributed by atoms with Gasteiger partial charge in [-0.05, 0) is 22.0 Å². The number of anilines is 1. The second-order valence-electron chi connectivity index (χ2n) is 2.26. The molecule has 0 aliphatic heterocycles. The molecule has 0 unspecified atom stereocenters. The van der Waals surface area contributed by atoms with Gasteiger partial charge in [-0.15, -0.1) is 0 Å². The van der Waals surface area contributed by atoms with Crippen molar-refractivity contribution in [3.8, 4) is 0 Å². The molecule has 0 bridgehead atoms. The molecule has 3 nitrogen and oxygen atoms in total. The number of carbonyl (C=O) groups is 1. The lowest BCUT2D eigenvalue weighted by Crippen LogP contribution is -2.01. The van der Waals surface area contributed by atoms with Gasteiger partial charge in [-0.2, -0.15) is 0 Å². The molecule has 0 fully saturated rings. The predicted molar refractivity (Wildman–Crippen MR) is 46.7 cm³/mol. The van der Waals surface area contributed by atoms with Crippen LogP contribution in [0.5, 0.6) is 0 Å². The molecule has 0 aliphatic rings. The number of nitrogens with zero attached hydrogens (tertiary/aromatic N) is 1. The number of aromatic nitrogens is 1. The van der Waals surface area contributed by atoms with Crippen molar-refractivity contribution in [2.24, 2.45) is 0 Å². The Hall–Kier alpha value is -1.04. The Morgan fingerprint density at radius 2 is 2.23 bits per heavy atom. The van der Waals surface area contributed by atoms with Crippen molar-refractivity contribution in [1.29, 1.82) is 0 Å². The molecule has 0 aliphatic carbocycles. The molecule has 0 aromatic carbocycles. The van der Waals surface area contributed by atoms with Gasteiger partial charge in [0.25, 0.3) is 6.43 Å². The highest BCUT2D eigenvalue weighted by Gasteiger charge is 2.17. The maximum Gasteiger partial charge on any atom is 0.268 e. The highest BCUT2D eigenvalue weighted by molar-refractivity contribution is 9.10. The van der Waals surface area contributed by atoms with Crippen LogP contribution in [0.25, 0.3) is 0 Å². The summed E-state index contributed by atoms with van der Waals surface area (Å²) in [6, 6.07) is 1.11. The maximum absolute atomic E-state index is 12.3. The molecule has 2 N–H and O–H groups in total. The number of carbonyl (C=O) groups excluding carboxylic acids is 1. The molecule has 0 saturated carbocycles. The molecule has 0 spiro atoms. The highest BCUT2D eigenvalue weighted by Crippen LogP contribution is 2.31. The van der Waals surface area contributed by atoms with E-state index in [0.29, 0.717) is 6.29 Å². The largest absolute Gasteiger partial charge is 0.398 e. The fraction of sp³-hybridized carbons (Fsp3) is 0.143. The van der Waals surface area contributed by atoms with Crippen LogP contribution in [0, 0.1) is 0 Å².